The zero-order valence-corrected chi connectivity index (χ0v) is 11.3. The summed E-state index contributed by atoms with van der Waals surface area (Å²) in [6.45, 7) is 0. The van der Waals surface area contributed by atoms with Crippen molar-refractivity contribution in [1.29, 1.82) is 0 Å². The van der Waals surface area contributed by atoms with Gasteiger partial charge in [0.1, 0.15) is 11.8 Å². The molecule has 7 heteroatoms. The number of hydrazone groups is 1. The van der Waals surface area contributed by atoms with Crippen molar-refractivity contribution in [3.63, 3.8) is 0 Å². The van der Waals surface area contributed by atoms with Gasteiger partial charge in [0, 0.05) is 10.0 Å². The molecule has 2 heterocycles. The first kappa shape index (κ1) is 11.8. The maximum atomic E-state index is 4.16. The fourth-order valence-electron chi connectivity index (χ4n) is 1.59. The van der Waals surface area contributed by atoms with E-state index in [-0.39, 0.29) is 0 Å². The Morgan fingerprint density at radius 2 is 2.11 bits per heavy atom. The van der Waals surface area contributed by atoms with E-state index in [1.165, 1.54) is 6.33 Å². The normalized spacial score (nSPS) is 11.2. The van der Waals surface area contributed by atoms with Crippen LogP contribution in [0.5, 0.6) is 0 Å². The zero-order valence-electron chi connectivity index (χ0n) is 9.71. The SMILES string of the molecule is Brc1ccccc1/C=N/Nc1ncnc2nc[nH]c12. The lowest BCUT2D eigenvalue weighted by Crippen LogP contribution is -1.96. The fraction of sp³-hybridized carbons (Fsp3) is 0. The van der Waals surface area contributed by atoms with Gasteiger partial charge in [0.05, 0.1) is 12.5 Å². The van der Waals surface area contributed by atoms with Crippen LogP contribution in [0.15, 0.2) is 46.5 Å². The summed E-state index contributed by atoms with van der Waals surface area (Å²) in [6, 6.07) is 7.82. The number of anilines is 1. The third kappa shape index (κ3) is 2.45. The van der Waals surface area contributed by atoms with E-state index in [0.717, 1.165) is 15.6 Å². The second-order valence-electron chi connectivity index (χ2n) is 3.71. The molecule has 0 aliphatic heterocycles. The highest BCUT2D eigenvalue weighted by Crippen LogP contribution is 2.15. The van der Waals surface area contributed by atoms with Crippen LogP contribution in [0.1, 0.15) is 5.56 Å². The van der Waals surface area contributed by atoms with Gasteiger partial charge in [-0.2, -0.15) is 5.10 Å². The molecule has 6 nitrogen and oxygen atoms in total. The molecule has 94 valence electrons. The molecule has 0 atom stereocenters. The highest BCUT2D eigenvalue weighted by molar-refractivity contribution is 9.10. The van der Waals surface area contributed by atoms with E-state index in [0.29, 0.717) is 11.5 Å². The van der Waals surface area contributed by atoms with Crippen LogP contribution < -0.4 is 5.43 Å². The van der Waals surface area contributed by atoms with Gasteiger partial charge in [-0.15, -0.1) is 0 Å². The molecule has 0 aliphatic carbocycles. The molecule has 3 rings (SSSR count). The average Bonchev–Trinajstić information content (AvgIpc) is 2.90. The quantitative estimate of drug-likeness (QED) is 0.575. The molecule has 0 amide bonds. The lowest BCUT2D eigenvalue weighted by molar-refractivity contribution is 1.17. The molecule has 0 unspecified atom stereocenters. The summed E-state index contributed by atoms with van der Waals surface area (Å²) in [5.41, 5.74) is 5.19. The number of aromatic amines is 1. The maximum Gasteiger partial charge on any atom is 0.182 e. The molecule has 0 bridgehead atoms. The lowest BCUT2D eigenvalue weighted by atomic mass is 10.2. The van der Waals surface area contributed by atoms with E-state index in [1.54, 1.807) is 12.5 Å². The Kier molecular flexibility index (Phi) is 3.20. The van der Waals surface area contributed by atoms with E-state index in [9.17, 15) is 0 Å². The number of aromatic nitrogens is 4. The maximum absolute atomic E-state index is 4.16. The highest BCUT2D eigenvalue weighted by Gasteiger charge is 2.03. The molecule has 0 saturated heterocycles. The van der Waals surface area contributed by atoms with Gasteiger partial charge in [0.25, 0.3) is 0 Å². The smallest absolute Gasteiger partial charge is 0.182 e. The molecular weight excluding hydrogens is 308 g/mol. The first-order chi connectivity index (χ1) is 9.34. The third-order valence-electron chi connectivity index (χ3n) is 2.50. The van der Waals surface area contributed by atoms with Crippen LogP contribution in [0.3, 0.4) is 0 Å². The predicted octanol–water partition coefficient (Wildman–Crippen LogP) is 2.56. The van der Waals surface area contributed by atoms with Gasteiger partial charge >= 0.3 is 0 Å². The van der Waals surface area contributed by atoms with Crippen molar-refractivity contribution in [2.45, 2.75) is 0 Å². The Labute approximate surface area is 117 Å². The first-order valence-corrected chi connectivity index (χ1v) is 6.31. The number of hydrogen-bond donors (Lipinski definition) is 2. The van der Waals surface area contributed by atoms with Gasteiger partial charge < -0.3 is 4.98 Å². The summed E-state index contributed by atoms with van der Waals surface area (Å²) < 4.78 is 0.981. The number of nitrogens with one attached hydrogen (secondary N) is 2. The largest absolute Gasteiger partial charge is 0.340 e. The van der Waals surface area contributed by atoms with Gasteiger partial charge in [-0.3, -0.25) is 5.43 Å². The van der Waals surface area contributed by atoms with Crippen LogP contribution in [0.4, 0.5) is 5.82 Å². The van der Waals surface area contributed by atoms with Crippen LogP contribution in [0.25, 0.3) is 11.2 Å². The summed E-state index contributed by atoms with van der Waals surface area (Å²) in [5.74, 6) is 0.589. The minimum absolute atomic E-state index is 0.589. The molecule has 19 heavy (non-hydrogen) atoms. The van der Waals surface area contributed by atoms with Gasteiger partial charge in [0.15, 0.2) is 11.5 Å². The number of fused-ring (bicyclic) bond motifs is 1. The van der Waals surface area contributed by atoms with Crippen molar-refractivity contribution >= 4 is 39.1 Å². The number of H-pyrrole nitrogens is 1. The van der Waals surface area contributed by atoms with E-state index in [4.69, 9.17) is 0 Å². The summed E-state index contributed by atoms with van der Waals surface area (Å²) in [6.07, 6.45) is 4.73. The number of benzene rings is 1. The Morgan fingerprint density at radius 1 is 1.21 bits per heavy atom. The van der Waals surface area contributed by atoms with Gasteiger partial charge in [-0.25, -0.2) is 15.0 Å². The summed E-state index contributed by atoms with van der Waals surface area (Å²) in [5, 5.41) is 4.16. The third-order valence-corrected chi connectivity index (χ3v) is 3.22. The summed E-state index contributed by atoms with van der Waals surface area (Å²) in [7, 11) is 0. The van der Waals surface area contributed by atoms with Crippen LogP contribution in [0.2, 0.25) is 0 Å². The molecular formula is C12H9BrN6. The Morgan fingerprint density at radius 3 is 3.00 bits per heavy atom. The van der Waals surface area contributed by atoms with E-state index in [2.05, 4.69) is 46.4 Å². The molecule has 0 aliphatic rings. The lowest BCUT2D eigenvalue weighted by Gasteiger charge is -2.00. The molecule has 0 saturated carbocycles. The van der Waals surface area contributed by atoms with Crippen molar-refractivity contribution in [1.82, 2.24) is 19.9 Å². The fourth-order valence-corrected chi connectivity index (χ4v) is 1.98. The van der Waals surface area contributed by atoms with Crippen LogP contribution >= 0.6 is 15.9 Å². The minimum atomic E-state index is 0.589. The minimum Gasteiger partial charge on any atom is -0.340 e. The van der Waals surface area contributed by atoms with Crippen LogP contribution in [-0.2, 0) is 0 Å². The standard InChI is InChI=1S/C12H9BrN6/c13-9-4-2-1-3-8(9)5-18-19-12-10-11(15-6-14-10)16-7-17-12/h1-7H,(H2,14,15,16,17,19)/b18-5+. The number of hydrogen-bond acceptors (Lipinski definition) is 5. The second kappa shape index (κ2) is 5.15. The first-order valence-electron chi connectivity index (χ1n) is 5.52. The number of nitrogens with zero attached hydrogens (tertiary/aromatic N) is 4. The van der Waals surface area contributed by atoms with Crippen LogP contribution in [0, 0.1) is 0 Å². The van der Waals surface area contributed by atoms with Crippen molar-refractivity contribution in [2.24, 2.45) is 5.10 Å². The predicted molar refractivity (Wildman–Crippen MR) is 77.0 cm³/mol. The van der Waals surface area contributed by atoms with Gasteiger partial charge in [-0.1, -0.05) is 34.1 Å². The number of halogens is 1. The average molecular weight is 317 g/mol. The van der Waals surface area contributed by atoms with E-state index in [1.807, 2.05) is 24.3 Å². The molecule has 0 spiro atoms. The topological polar surface area (TPSA) is 78.8 Å². The molecule has 3 aromatic rings. The Hall–Kier alpha value is -2.28. The van der Waals surface area contributed by atoms with Crippen molar-refractivity contribution in [3.05, 3.63) is 47.0 Å². The van der Waals surface area contributed by atoms with Crippen molar-refractivity contribution in [2.75, 3.05) is 5.43 Å². The summed E-state index contributed by atoms with van der Waals surface area (Å²) >= 11 is 3.46. The van der Waals surface area contributed by atoms with Crippen LogP contribution in [-0.4, -0.2) is 26.2 Å². The van der Waals surface area contributed by atoms with E-state index >= 15 is 0 Å². The molecule has 0 radical (unpaired) electrons. The Bertz CT molecular complexity index is 736. The molecule has 1 aromatic carbocycles. The zero-order chi connectivity index (χ0) is 13.1. The van der Waals surface area contributed by atoms with E-state index < -0.39 is 0 Å². The van der Waals surface area contributed by atoms with Crippen molar-refractivity contribution in [3.8, 4) is 0 Å². The monoisotopic (exact) mass is 316 g/mol. The van der Waals surface area contributed by atoms with Crippen molar-refractivity contribution < 1.29 is 0 Å². The highest BCUT2D eigenvalue weighted by atomic mass is 79.9. The van der Waals surface area contributed by atoms with Gasteiger partial charge in [0.2, 0.25) is 0 Å². The number of rotatable bonds is 3. The summed E-state index contributed by atoms with van der Waals surface area (Å²) in [4.78, 5) is 15.2. The number of imidazole rings is 1. The van der Waals surface area contributed by atoms with Gasteiger partial charge in [-0.05, 0) is 6.07 Å². The molecule has 0 fully saturated rings. The Balaban J connectivity index is 1.83. The second-order valence-corrected chi connectivity index (χ2v) is 4.57. The molecule has 2 aromatic heterocycles. The molecule has 2 N–H and O–H groups in total.